The standard InChI is InChI=1S/C31H31FN2O2/c1-4-7-26(5-2)36-27-16-10-21(11-17-27)30(35)28-9-6-8-23-18-29-22(19-31(23,28)3)20-33-34(29)25-14-12-24(32)13-15-25/h4-5,7,10-18,20,28,30,35H,1-2,6,8-9,19H2,3H3/b26-7+. The second-order valence-electron chi connectivity index (χ2n) is 9.83. The average molecular weight is 483 g/mol. The minimum Gasteiger partial charge on any atom is -0.457 e. The van der Waals surface area contributed by atoms with Crippen molar-refractivity contribution in [2.75, 3.05) is 0 Å². The molecule has 3 atom stereocenters. The van der Waals surface area contributed by atoms with Gasteiger partial charge in [-0.2, -0.15) is 5.10 Å². The Bertz CT molecular complexity index is 1330. The highest BCUT2D eigenvalue weighted by Gasteiger charge is 2.46. The first-order chi connectivity index (χ1) is 17.4. The third-order valence-electron chi connectivity index (χ3n) is 7.66. The largest absolute Gasteiger partial charge is 0.457 e. The van der Waals surface area contributed by atoms with Crippen LogP contribution in [0.5, 0.6) is 5.75 Å². The van der Waals surface area contributed by atoms with Gasteiger partial charge in [0.05, 0.1) is 23.7 Å². The predicted octanol–water partition coefficient (Wildman–Crippen LogP) is 7.13. The minimum atomic E-state index is -0.593. The molecule has 0 bridgehead atoms. The Hall–Kier alpha value is -3.70. The number of allylic oxidation sites excluding steroid dienone is 4. The molecule has 5 heteroatoms. The van der Waals surface area contributed by atoms with Gasteiger partial charge < -0.3 is 9.84 Å². The Balaban J connectivity index is 1.40. The summed E-state index contributed by atoms with van der Waals surface area (Å²) in [4.78, 5) is 0. The molecule has 0 spiro atoms. The lowest BCUT2D eigenvalue weighted by molar-refractivity contribution is 0.0217. The van der Waals surface area contributed by atoms with E-state index in [1.165, 1.54) is 17.7 Å². The Morgan fingerprint density at radius 1 is 1.19 bits per heavy atom. The molecular weight excluding hydrogens is 451 g/mol. The van der Waals surface area contributed by atoms with Crippen LogP contribution in [0.15, 0.2) is 97.4 Å². The molecule has 2 aromatic carbocycles. The van der Waals surface area contributed by atoms with Gasteiger partial charge in [0.2, 0.25) is 0 Å². The molecule has 0 saturated heterocycles. The predicted molar refractivity (Wildman–Crippen MR) is 141 cm³/mol. The average Bonchev–Trinajstić information content (AvgIpc) is 3.29. The van der Waals surface area contributed by atoms with Crippen molar-refractivity contribution < 1.29 is 14.2 Å². The fourth-order valence-corrected chi connectivity index (χ4v) is 5.73. The van der Waals surface area contributed by atoms with E-state index in [0.717, 1.165) is 48.2 Å². The molecule has 184 valence electrons. The summed E-state index contributed by atoms with van der Waals surface area (Å²) in [5.41, 5.74) is 5.11. The third kappa shape index (κ3) is 4.35. The molecule has 1 saturated carbocycles. The van der Waals surface area contributed by atoms with E-state index in [1.807, 2.05) is 35.1 Å². The second-order valence-corrected chi connectivity index (χ2v) is 9.83. The number of aliphatic hydroxyl groups is 1. The molecule has 3 aromatic rings. The van der Waals surface area contributed by atoms with Gasteiger partial charge in [0.1, 0.15) is 17.3 Å². The van der Waals surface area contributed by atoms with E-state index < -0.39 is 6.10 Å². The normalized spacial score (nSPS) is 22.1. The first kappa shape index (κ1) is 24.0. The summed E-state index contributed by atoms with van der Waals surface area (Å²) in [6.07, 6.45) is 12.4. The van der Waals surface area contributed by atoms with Crippen LogP contribution in [0, 0.1) is 17.2 Å². The number of aromatic nitrogens is 2. The van der Waals surface area contributed by atoms with Crippen LogP contribution in [0.3, 0.4) is 0 Å². The number of ether oxygens (including phenoxy) is 1. The number of aliphatic hydroxyl groups excluding tert-OH is 1. The summed E-state index contributed by atoms with van der Waals surface area (Å²) in [5.74, 6) is 1.12. The van der Waals surface area contributed by atoms with Crippen molar-refractivity contribution in [3.63, 3.8) is 0 Å². The van der Waals surface area contributed by atoms with E-state index in [2.05, 4.69) is 31.3 Å². The van der Waals surface area contributed by atoms with Crippen molar-refractivity contribution in [3.05, 3.63) is 120 Å². The maximum atomic E-state index is 13.4. The summed E-state index contributed by atoms with van der Waals surface area (Å²) in [5, 5.41) is 16.2. The van der Waals surface area contributed by atoms with Gasteiger partial charge in [-0.25, -0.2) is 9.07 Å². The quantitative estimate of drug-likeness (QED) is 0.288. The van der Waals surface area contributed by atoms with E-state index in [9.17, 15) is 9.50 Å². The van der Waals surface area contributed by atoms with E-state index in [0.29, 0.717) is 11.5 Å². The van der Waals surface area contributed by atoms with Gasteiger partial charge in [-0.15, -0.1) is 0 Å². The molecule has 0 amide bonds. The molecule has 1 N–H and O–H groups in total. The lowest BCUT2D eigenvalue weighted by Crippen LogP contribution is -2.40. The summed E-state index contributed by atoms with van der Waals surface area (Å²) in [6.45, 7) is 9.73. The molecule has 1 fully saturated rings. The molecule has 4 nitrogen and oxygen atoms in total. The first-order valence-electron chi connectivity index (χ1n) is 12.4. The number of fused-ring (bicyclic) bond motifs is 2. The number of hydrogen-bond donors (Lipinski definition) is 1. The van der Waals surface area contributed by atoms with E-state index >= 15 is 0 Å². The van der Waals surface area contributed by atoms with Crippen LogP contribution in [0.4, 0.5) is 4.39 Å². The molecule has 1 heterocycles. The molecule has 5 rings (SSSR count). The fraction of sp³-hybridized carbons (Fsp3) is 0.258. The van der Waals surface area contributed by atoms with Gasteiger partial charge in [-0.1, -0.05) is 43.9 Å². The summed E-state index contributed by atoms with van der Waals surface area (Å²) < 4.78 is 21.2. The highest BCUT2D eigenvalue weighted by molar-refractivity contribution is 5.61. The summed E-state index contributed by atoms with van der Waals surface area (Å²) in [6, 6.07) is 14.1. The Morgan fingerprint density at radius 2 is 1.94 bits per heavy atom. The van der Waals surface area contributed by atoms with E-state index in [-0.39, 0.29) is 17.2 Å². The van der Waals surface area contributed by atoms with Crippen molar-refractivity contribution in [2.24, 2.45) is 11.3 Å². The van der Waals surface area contributed by atoms with Crippen LogP contribution in [-0.4, -0.2) is 14.9 Å². The van der Waals surface area contributed by atoms with Gasteiger partial charge >= 0.3 is 0 Å². The molecule has 36 heavy (non-hydrogen) atoms. The van der Waals surface area contributed by atoms with Gasteiger partial charge in [0.15, 0.2) is 0 Å². The van der Waals surface area contributed by atoms with Crippen LogP contribution in [0.25, 0.3) is 11.8 Å². The van der Waals surface area contributed by atoms with Crippen LogP contribution < -0.4 is 4.74 Å². The van der Waals surface area contributed by atoms with Crippen LogP contribution in [-0.2, 0) is 6.42 Å². The van der Waals surface area contributed by atoms with E-state index in [4.69, 9.17) is 4.74 Å². The molecule has 1 aromatic heterocycles. The van der Waals surface area contributed by atoms with Gasteiger partial charge in [0, 0.05) is 0 Å². The van der Waals surface area contributed by atoms with Crippen molar-refractivity contribution in [1.29, 1.82) is 0 Å². The van der Waals surface area contributed by atoms with Gasteiger partial charge in [-0.3, -0.25) is 0 Å². The lowest BCUT2D eigenvalue weighted by Gasteiger charge is -2.47. The minimum absolute atomic E-state index is 0.0796. The number of nitrogens with zero attached hydrogens (tertiary/aromatic N) is 2. The topological polar surface area (TPSA) is 47.3 Å². The van der Waals surface area contributed by atoms with Crippen LogP contribution in [0.2, 0.25) is 0 Å². The molecule has 3 unspecified atom stereocenters. The number of benzene rings is 2. The van der Waals surface area contributed by atoms with Crippen LogP contribution in [0.1, 0.15) is 49.1 Å². The van der Waals surface area contributed by atoms with Gasteiger partial charge in [-0.05, 0) is 103 Å². The van der Waals surface area contributed by atoms with Crippen molar-refractivity contribution >= 4 is 6.08 Å². The SMILES string of the molecule is C=C/C=C(\C=C)Oc1ccc(C(O)C2CCCC3=Cc4c(cnn4-c4ccc(F)cc4)CC32C)cc1. The lowest BCUT2D eigenvalue weighted by atomic mass is 9.57. The Morgan fingerprint density at radius 3 is 2.64 bits per heavy atom. The number of rotatable bonds is 7. The maximum Gasteiger partial charge on any atom is 0.127 e. The van der Waals surface area contributed by atoms with Crippen LogP contribution >= 0.6 is 0 Å². The third-order valence-corrected chi connectivity index (χ3v) is 7.66. The molecule has 0 aliphatic heterocycles. The number of hydrogen-bond acceptors (Lipinski definition) is 3. The zero-order valence-corrected chi connectivity index (χ0v) is 20.5. The number of halogens is 1. The Kier molecular flexibility index (Phi) is 6.50. The fourth-order valence-electron chi connectivity index (χ4n) is 5.73. The Labute approximate surface area is 211 Å². The monoisotopic (exact) mass is 482 g/mol. The highest BCUT2D eigenvalue weighted by Crippen LogP contribution is 2.54. The van der Waals surface area contributed by atoms with Crippen molar-refractivity contribution in [3.8, 4) is 11.4 Å². The molecular formula is C31H31FN2O2. The zero-order chi connectivity index (χ0) is 25.3. The highest BCUT2D eigenvalue weighted by atomic mass is 19.1. The van der Waals surface area contributed by atoms with Crippen molar-refractivity contribution in [1.82, 2.24) is 9.78 Å². The van der Waals surface area contributed by atoms with Crippen molar-refractivity contribution in [2.45, 2.75) is 38.7 Å². The smallest absolute Gasteiger partial charge is 0.127 e. The first-order valence-corrected chi connectivity index (χ1v) is 12.4. The molecule has 0 radical (unpaired) electrons. The summed E-state index contributed by atoms with van der Waals surface area (Å²) >= 11 is 0. The summed E-state index contributed by atoms with van der Waals surface area (Å²) in [7, 11) is 0. The van der Waals surface area contributed by atoms with E-state index in [1.54, 1.807) is 30.4 Å². The second kappa shape index (κ2) is 9.75. The maximum absolute atomic E-state index is 13.4. The molecule has 2 aliphatic carbocycles. The molecule has 2 aliphatic rings. The van der Waals surface area contributed by atoms with Gasteiger partial charge in [0.25, 0.3) is 0 Å². The zero-order valence-electron chi connectivity index (χ0n) is 20.5.